The van der Waals surface area contributed by atoms with E-state index >= 15 is 0 Å². The van der Waals surface area contributed by atoms with Crippen molar-refractivity contribution in [1.82, 2.24) is 14.9 Å². The van der Waals surface area contributed by atoms with Crippen molar-refractivity contribution in [3.8, 4) is 11.5 Å². The Morgan fingerprint density at radius 2 is 1.97 bits per heavy atom. The third-order valence-electron chi connectivity index (χ3n) is 5.78. The van der Waals surface area contributed by atoms with Crippen LogP contribution in [0.25, 0.3) is 11.5 Å². The summed E-state index contributed by atoms with van der Waals surface area (Å²) in [5, 5.41) is 0.695. The summed E-state index contributed by atoms with van der Waals surface area (Å²) in [5.74, 6) is 2.01. The quantitative estimate of drug-likeness (QED) is 0.528. The maximum Gasteiger partial charge on any atom is 0.226 e. The molecule has 0 N–H and O–H groups in total. The Hall–Kier alpha value is -2.50. The summed E-state index contributed by atoms with van der Waals surface area (Å²) in [7, 11) is 0. The predicted octanol–water partition coefficient (Wildman–Crippen LogP) is 5.11. The van der Waals surface area contributed by atoms with Gasteiger partial charge in [-0.3, -0.25) is 14.7 Å². The number of nitrogens with zero attached hydrogens (tertiary/aromatic N) is 3. The lowest BCUT2D eigenvalue weighted by Crippen LogP contribution is -2.36. The number of hydrogen-bond acceptors (Lipinski definition) is 5. The summed E-state index contributed by atoms with van der Waals surface area (Å²) < 4.78 is 5.88. The van der Waals surface area contributed by atoms with Crippen LogP contribution in [0.1, 0.15) is 36.3 Å². The lowest BCUT2D eigenvalue weighted by Gasteiger charge is -2.30. The zero-order chi connectivity index (χ0) is 20.9. The van der Waals surface area contributed by atoms with E-state index in [-0.39, 0.29) is 5.92 Å². The molecular weight excluding hydrogens is 398 g/mol. The van der Waals surface area contributed by atoms with E-state index in [1.807, 2.05) is 49.5 Å². The van der Waals surface area contributed by atoms with Gasteiger partial charge in [-0.05, 0) is 75.2 Å². The van der Waals surface area contributed by atoms with Crippen molar-refractivity contribution < 1.29 is 9.21 Å². The number of piperidine rings is 1. The van der Waals surface area contributed by atoms with Gasteiger partial charge in [0.2, 0.25) is 5.89 Å². The van der Waals surface area contributed by atoms with Gasteiger partial charge in [0.05, 0.1) is 5.69 Å². The fourth-order valence-corrected chi connectivity index (χ4v) is 4.06. The van der Waals surface area contributed by atoms with Crippen LogP contribution in [0, 0.1) is 12.8 Å². The van der Waals surface area contributed by atoms with Gasteiger partial charge in [0.15, 0.2) is 0 Å². The molecule has 1 aliphatic rings. The second-order valence-corrected chi connectivity index (χ2v) is 8.34. The van der Waals surface area contributed by atoms with Crippen LogP contribution in [0.15, 0.2) is 53.2 Å². The third kappa shape index (κ3) is 5.15. The molecule has 1 aromatic carbocycles. The number of carbonyl (C=O) groups excluding carboxylic acids is 1. The van der Waals surface area contributed by atoms with E-state index < -0.39 is 0 Å². The SMILES string of the molecule is Cc1oc(-c2ccc(Cl)cc2)nc1CN1CCC(C(=O)CCc2cccnc2)CC1. The van der Waals surface area contributed by atoms with Gasteiger partial charge in [0.1, 0.15) is 11.5 Å². The van der Waals surface area contributed by atoms with Gasteiger partial charge >= 0.3 is 0 Å². The minimum Gasteiger partial charge on any atom is -0.441 e. The number of ketones is 1. The fraction of sp³-hybridized carbons (Fsp3) is 0.375. The van der Waals surface area contributed by atoms with Crippen LogP contribution < -0.4 is 0 Å². The molecule has 0 bridgehead atoms. The zero-order valence-corrected chi connectivity index (χ0v) is 17.9. The number of likely N-dealkylation sites (tertiary alicyclic amines) is 1. The molecule has 0 radical (unpaired) electrons. The Morgan fingerprint density at radius 1 is 1.20 bits per heavy atom. The average molecular weight is 424 g/mol. The van der Waals surface area contributed by atoms with E-state index in [9.17, 15) is 4.79 Å². The molecule has 4 rings (SSSR count). The van der Waals surface area contributed by atoms with Crippen LogP contribution in [0.2, 0.25) is 5.02 Å². The van der Waals surface area contributed by atoms with E-state index in [2.05, 4.69) is 9.88 Å². The molecule has 6 heteroatoms. The molecular formula is C24H26ClN3O2. The van der Waals surface area contributed by atoms with Crippen LogP contribution >= 0.6 is 11.6 Å². The molecule has 1 aliphatic heterocycles. The molecule has 1 saturated heterocycles. The molecule has 5 nitrogen and oxygen atoms in total. The molecule has 3 heterocycles. The van der Waals surface area contributed by atoms with E-state index in [1.165, 1.54) is 0 Å². The molecule has 0 spiro atoms. The first-order valence-corrected chi connectivity index (χ1v) is 10.8. The van der Waals surface area contributed by atoms with Crippen molar-refractivity contribution in [3.63, 3.8) is 0 Å². The summed E-state index contributed by atoms with van der Waals surface area (Å²) in [6.07, 6.45) is 6.80. The Bertz CT molecular complexity index is 977. The van der Waals surface area contributed by atoms with Crippen LogP contribution in [0.3, 0.4) is 0 Å². The van der Waals surface area contributed by atoms with Crippen LogP contribution in [0.5, 0.6) is 0 Å². The molecule has 2 aromatic heterocycles. The van der Waals surface area contributed by atoms with Gasteiger partial charge in [0, 0.05) is 41.9 Å². The maximum absolute atomic E-state index is 12.6. The predicted molar refractivity (Wildman–Crippen MR) is 117 cm³/mol. The Labute approximate surface area is 182 Å². The first kappa shape index (κ1) is 20.8. The number of hydrogen-bond donors (Lipinski definition) is 0. The van der Waals surface area contributed by atoms with E-state index in [1.54, 1.807) is 6.20 Å². The number of Topliss-reactive ketones (excluding diaryl/α,β-unsaturated/α-hetero) is 1. The van der Waals surface area contributed by atoms with Crippen molar-refractivity contribution in [2.24, 2.45) is 5.92 Å². The first-order chi connectivity index (χ1) is 14.6. The van der Waals surface area contributed by atoms with Crippen LogP contribution in [-0.2, 0) is 17.8 Å². The summed E-state index contributed by atoms with van der Waals surface area (Å²) in [5.41, 5.74) is 3.01. The molecule has 0 saturated carbocycles. The molecule has 156 valence electrons. The van der Waals surface area contributed by atoms with Crippen molar-refractivity contribution in [2.45, 2.75) is 39.2 Å². The normalized spacial score (nSPS) is 15.4. The van der Waals surface area contributed by atoms with E-state index in [4.69, 9.17) is 21.0 Å². The molecule has 3 aromatic rings. The van der Waals surface area contributed by atoms with Crippen LogP contribution in [0.4, 0.5) is 0 Å². The first-order valence-electron chi connectivity index (χ1n) is 10.4. The number of rotatable bonds is 7. The minimum atomic E-state index is 0.168. The third-order valence-corrected chi connectivity index (χ3v) is 6.03. The topological polar surface area (TPSA) is 59.2 Å². The number of carbonyl (C=O) groups is 1. The van der Waals surface area contributed by atoms with E-state index in [0.717, 1.165) is 61.5 Å². The lowest BCUT2D eigenvalue weighted by atomic mass is 9.89. The van der Waals surface area contributed by atoms with Crippen molar-refractivity contribution in [2.75, 3.05) is 13.1 Å². The van der Waals surface area contributed by atoms with Crippen LogP contribution in [-0.4, -0.2) is 33.7 Å². The second-order valence-electron chi connectivity index (χ2n) is 7.91. The standard InChI is InChI=1S/C24H26ClN3O2/c1-17-22(27-24(30-17)20-5-7-21(25)8-6-20)16-28-13-10-19(11-14-28)23(29)9-4-18-3-2-12-26-15-18/h2-3,5-8,12,15,19H,4,9-11,13-14,16H2,1H3. The molecule has 0 unspecified atom stereocenters. The number of benzene rings is 1. The highest BCUT2D eigenvalue weighted by atomic mass is 35.5. The minimum absolute atomic E-state index is 0.168. The van der Waals surface area contributed by atoms with Gasteiger partial charge in [-0.2, -0.15) is 0 Å². The van der Waals surface area contributed by atoms with Crippen molar-refractivity contribution in [3.05, 3.63) is 70.8 Å². The zero-order valence-electron chi connectivity index (χ0n) is 17.2. The molecule has 1 fully saturated rings. The average Bonchev–Trinajstić information content (AvgIpc) is 3.14. The summed E-state index contributed by atoms with van der Waals surface area (Å²) in [6, 6.07) is 11.5. The van der Waals surface area contributed by atoms with Gasteiger partial charge in [0.25, 0.3) is 0 Å². The number of aromatic nitrogens is 2. The Kier molecular flexibility index (Phi) is 6.60. The van der Waals surface area contributed by atoms with Gasteiger partial charge in [-0.25, -0.2) is 4.98 Å². The smallest absolute Gasteiger partial charge is 0.226 e. The Balaban J connectivity index is 1.28. The fourth-order valence-electron chi connectivity index (χ4n) is 3.93. The number of pyridine rings is 1. The maximum atomic E-state index is 12.6. The summed E-state index contributed by atoms with van der Waals surface area (Å²) >= 11 is 5.96. The monoisotopic (exact) mass is 423 g/mol. The lowest BCUT2D eigenvalue weighted by molar-refractivity contribution is -0.124. The number of halogens is 1. The highest BCUT2D eigenvalue weighted by Gasteiger charge is 2.25. The molecule has 30 heavy (non-hydrogen) atoms. The van der Waals surface area contributed by atoms with Crippen molar-refractivity contribution >= 4 is 17.4 Å². The summed E-state index contributed by atoms with van der Waals surface area (Å²) in [4.78, 5) is 23.8. The van der Waals surface area contributed by atoms with Gasteiger partial charge in [-0.1, -0.05) is 17.7 Å². The van der Waals surface area contributed by atoms with Gasteiger partial charge < -0.3 is 4.42 Å². The largest absolute Gasteiger partial charge is 0.441 e. The number of oxazole rings is 1. The van der Waals surface area contributed by atoms with Gasteiger partial charge in [-0.15, -0.1) is 0 Å². The summed E-state index contributed by atoms with van der Waals surface area (Å²) in [6.45, 7) is 4.52. The van der Waals surface area contributed by atoms with Crippen molar-refractivity contribution in [1.29, 1.82) is 0 Å². The second kappa shape index (κ2) is 9.54. The molecule has 0 aliphatic carbocycles. The molecule has 0 amide bonds. The molecule has 0 atom stereocenters. The van der Waals surface area contributed by atoms with E-state index in [0.29, 0.717) is 23.1 Å². The highest BCUT2D eigenvalue weighted by molar-refractivity contribution is 6.30. The number of aryl methyl sites for hydroxylation is 2. The Morgan fingerprint density at radius 3 is 2.67 bits per heavy atom. The highest BCUT2D eigenvalue weighted by Crippen LogP contribution is 2.26.